The summed E-state index contributed by atoms with van der Waals surface area (Å²) in [6, 6.07) is 17.5. The molecular formula is C28H26N4O2. The number of anilines is 3. The van der Waals surface area contributed by atoms with Gasteiger partial charge < -0.3 is 9.80 Å². The first-order valence-corrected chi connectivity index (χ1v) is 11.8. The van der Waals surface area contributed by atoms with Crippen LogP contribution in [0.4, 0.5) is 17.2 Å². The van der Waals surface area contributed by atoms with Crippen molar-refractivity contribution in [3.05, 3.63) is 83.0 Å². The van der Waals surface area contributed by atoms with E-state index >= 15 is 0 Å². The predicted molar refractivity (Wildman–Crippen MR) is 133 cm³/mol. The molecule has 0 unspecified atom stereocenters. The third-order valence-electron chi connectivity index (χ3n) is 7.18. The highest BCUT2D eigenvalue weighted by atomic mass is 16.2. The second-order valence-corrected chi connectivity index (χ2v) is 9.37. The van der Waals surface area contributed by atoms with Gasteiger partial charge in [0.05, 0.1) is 16.9 Å². The van der Waals surface area contributed by atoms with E-state index in [0.717, 1.165) is 59.9 Å². The number of likely N-dealkylation sites (tertiary alicyclic amines) is 1. The summed E-state index contributed by atoms with van der Waals surface area (Å²) in [5, 5.41) is 0. The average Bonchev–Trinajstić information content (AvgIpc) is 3.02. The SMILES string of the molecule is CC1CCN(C(=O)c2cccc(N3c4cccc5c4C(=Cc4cccnc43)N(C)C5=O)c2)CC1. The van der Waals surface area contributed by atoms with E-state index in [1.54, 1.807) is 11.1 Å². The van der Waals surface area contributed by atoms with Gasteiger partial charge in [-0.25, -0.2) is 4.98 Å². The van der Waals surface area contributed by atoms with Crippen LogP contribution in [0.25, 0.3) is 11.8 Å². The number of rotatable bonds is 2. The van der Waals surface area contributed by atoms with Gasteiger partial charge in [0.25, 0.3) is 11.8 Å². The van der Waals surface area contributed by atoms with Gasteiger partial charge in [-0.3, -0.25) is 14.5 Å². The molecule has 3 aliphatic heterocycles. The second-order valence-electron chi connectivity index (χ2n) is 9.37. The monoisotopic (exact) mass is 450 g/mol. The zero-order valence-electron chi connectivity index (χ0n) is 19.4. The lowest BCUT2D eigenvalue weighted by Gasteiger charge is -2.31. The number of carbonyl (C=O) groups is 2. The molecule has 0 aliphatic carbocycles. The smallest absolute Gasteiger partial charge is 0.258 e. The number of carbonyl (C=O) groups excluding carboxylic acids is 2. The van der Waals surface area contributed by atoms with Crippen molar-refractivity contribution in [3.63, 3.8) is 0 Å². The highest BCUT2D eigenvalue weighted by molar-refractivity contribution is 6.16. The van der Waals surface area contributed by atoms with Gasteiger partial charge in [0.15, 0.2) is 0 Å². The summed E-state index contributed by atoms with van der Waals surface area (Å²) in [5.41, 5.74) is 5.76. The van der Waals surface area contributed by atoms with E-state index in [-0.39, 0.29) is 11.8 Å². The summed E-state index contributed by atoms with van der Waals surface area (Å²) in [5.74, 6) is 1.49. The maximum atomic E-state index is 13.3. The molecule has 2 amide bonds. The van der Waals surface area contributed by atoms with Gasteiger partial charge in [-0.1, -0.05) is 19.1 Å². The van der Waals surface area contributed by atoms with Crippen LogP contribution < -0.4 is 4.90 Å². The number of hydrogen-bond acceptors (Lipinski definition) is 4. The van der Waals surface area contributed by atoms with Gasteiger partial charge in [-0.15, -0.1) is 0 Å². The molecule has 0 bridgehead atoms. The van der Waals surface area contributed by atoms with Crippen LogP contribution >= 0.6 is 0 Å². The molecule has 0 saturated carbocycles. The zero-order valence-corrected chi connectivity index (χ0v) is 19.4. The number of fused-ring (bicyclic) bond motifs is 1. The van der Waals surface area contributed by atoms with E-state index in [1.165, 1.54) is 0 Å². The van der Waals surface area contributed by atoms with Crippen LogP contribution in [-0.4, -0.2) is 46.7 Å². The largest absolute Gasteiger partial charge is 0.339 e. The number of nitrogens with zero attached hydrogens (tertiary/aromatic N) is 4. The van der Waals surface area contributed by atoms with E-state index < -0.39 is 0 Å². The molecule has 3 aromatic rings. The van der Waals surface area contributed by atoms with Crippen molar-refractivity contribution in [2.75, 3.05) is 25.0 Å². The molecular weight excluding hydrogens is 424 g/mol. The topological polar surface area (TPSA) is 56.8 Å². The van der Waals surface area contributed by atoms with Crippen molar-refractivity contribution < 1.29 is 9.59 Å². The number of pyridine rings is 1. The Kier molecular flexibility index (Phi) is 4.76. The van der Waals surface area contributed by atoms with Crippen molar-refractivity contribution in [2.45, 2.75) is 19.8 Å². The molecule has 0 radical (unpaired) electrons. The minimum Gasteiger partial charge on any atom is -0.339 e. The van der Waals surface area contributed by atoms with Crippen LogP contribution in [0.15, 0.2) is 60.8 Å². The molecule has 34 heavy (non-hydrogen) atoms. The van der Waals surface area contributed by atoms with E-state index in [1.807, 2.05) is 72.6 Å². The van der Waals surface area contributed by atoms with Gasteiger partial charge in [0.2, 0.25) is 0 Å². The molecule has 0 spiro atoms. The Labute approximate surface area is 199 Å². The van der Waals surface area contributed by atoms with Crippen LogP contribution in [-0.2, 0) is 0 Å². The Morgan fingerprint density at radius 3 is 2.65 bits per heavy atom. The lowest BCUT2D eigenvalue weighted by Crippen LogP contribution is -2.37. The summed E-state index contributed by atoms with van der Waals surface area (Å²) >= 11 is 0. The van der Waals surface area contributed by atoms with Crippen molar-refractivity contribution in [3.8, 4) is 0 Å². The molecule has 4 heterocycles. The fourth-order valence-electron chi connectivity index (χ4n) is 5.20. The first-order valence-electron chi connectivity index (χ1n) is 11.8. The number of hydrogen-bond donors (Lipinski definition) is 0. The van der Waals surface area contributed by atoms with Crippen LogP contribution in [0.2, 0.25) is 0 Å². The van der Waals surface area contributed by atoms with E-state index in [4.69, 9.17) is 4.98 Å². The van der Waals surface area contributed by atoms with Gasteiger partial charge >= 0.3 is 0 Å². The summed E-state index contributed by atoms with van der Waals surface area (Å²) in [7, 11) is 1.81. The van der Waals surface area contributed by atoms with Crippen molar-refractivity contribution in [1.29, 1.82) is 0 Å². The maximum absolute atomic E-state index is 13.3. The molecule has 2 aromatic carbocycles. The zero-order chi connectivity index (χ0) is 23.4. The average molecular weight is 451 g/mol. The Bertz CT molecular complexity index is 1350. The first-order chi connectivity index (χ1) is 16.5. The van der Waals surface area contributed by atoms with Crippen molar-refractivity contribution in [2.24, 2.45) is 5.92 Å². The molecule has 170 valence electrons. The number of piperidine rings is 1. The lowest BCUT2D eigenvalue weighted by molar-refractivity contribution is 0.0697. The Morgan fingerprint density at radius 2 is 1.82 bits per heavy atom. The molecule has 1 saturated heterocycles. The van der Waals surface area contributed by atoms with Crippen LogP contribution in [0.5, 0.6) is 0 Å². The molecule has 3 aliphatic rings. The highest BCUT2D eigenvalue weighted by Crippen LogP contribution is 2.48. The molecule has 6 heteroatoms. The minimum absolute atomic E-state index is 0.0151. The number of amides is 2. The fraction of sp³-hybridized carbons (Fsp3) is 0.250. The summed E-state index contributed by atoms with van der Waals surface area (Å²) in [6.07, 6.45) is 5.89. The molecule has 0 atom stereocenters. The number of benzene rings is 2. The van der Waals surface area contributed by atoms with Crippen LogP contribution in [0, 0.1) is 5.92 Å². The van der Waals surface area contributed by atoms with Gasteiger partial charge in [-0.2, -0.15) is 0 Å². The van der Waals surface area contributed by atoms with Crippen LogP contribution in [0.1, 0.15) is 51.6 Å². The van der Waals surface area contributed by atoms with Gasteiger partial charge in [-0.05, 0) is 67.3 Å². The lowest BCUT2D eigenvalue weighted by atomic mass is 9.98. The fourth-order valence-corrected chi connectivity index (χ4v) is 5.20. The molecule has 6 nitrogen and oxygen atoms in total. The predicted octanol–water partition coefficient (Wildman–Crippen LogP) is 5.32. The van der Waals surface area contributed by atoms with Crippen molar-refractivity contribution >= 4 is 40.8 Å². The third-order valence-corrected chi connectivity index (χ3v) is 7.18. The summed E-state index contributed by atoms with van der Waals surface area (Å²) in [4.78, 5) is 36.7. The molecule has 1 aromatic heterocycles. The summed E-state index contributed by atoms with van der Waals surface area (Å²) < 4.78 is 0. The van der Waals surface area contributed by atoms with E-state index in [0.29, 0.717) is 17.0 Å². The number of aromatic nitrogens is 1. The van der Waals surface area contributed by atoms with E-state index in [9.17, 15) is 9.59 Å². The normalized spacial score (nSPS) is 17.3. The minimum atomic E-state index is -0.0151. The first kappa shape index (κ1) is 20.7. The van der Waals surface area contributed by atoms with Gasteiger partial charge in [0, 0.05) is 48.7 Å². The quantitative estimate of drug-likeness (QED) is 0.530. The Morgan fingerprint density at radius 1 is 1.03 bits per heavy atom. The molecule has 1 fully saturated rings. The van der Waals surface area contributed by atoms with Gasteiger partial charge in [0.1, 0.15) is 5.82 Å². The third kappa shape index (κ3) is 3.13. The van der Waals surface area contributed by atoms with Crippen molar-refractivity contribution in [1.82, 2.24) is 14.8 Å². The Balaban J connectivity index is 1.49. The Hall–Kier alpha value is -3.93. The molecule has 6 rings (SSSR count). The van der Waals surface area contributed by atoms with E-state index in [2.05, 4.69) is 11.8 Å². The standard InChI is InChI=1S/C28H26N4O2/c1-18-11-14-31(15-12-18)27(33)20-6-3-8-21(16-20)32-23-10-4-9-22-25(23)24(30(2)28(22)34)17-19-7-5-13-29-26(19)32/h3-10,13,16-18H,11-12,14-15H2,1-2H3. The highest BCUT2D eigenvalue weighted by Gasteiger charge is 2.36. The summed E-state index contributed by atoms with van der Waals surface area (Å²) in [6.45, 7) is 3.84. The maximum Gasteiger partial charge on any atom is 0.258 e. The van der Waals surface area contributed by atoms with Crippen LogP contribution in [0.3, 0.4) is 0 Å². The second kappa shape index (κ2) is 7.83. The molecule has 0 N–H and O–H groups in total.